The van der Waals surface area contributed by atoms with Gasteiger partial charge in [0.25, 0.3) is 10.0 Å². The zero-order valence-corrected chi connectivity index (χ0v) is 16.7. The molecule has 0 saturated heterocycles. The monoisotopic (exact) mass is 448 g/mol. The van der Waals surface area contributed by atoms with E-state index in [2.05, 4.69) is 14.4 Å². The van der Waals surface area contributed by atoms with E-state index in [0.29, 0.717) is 27.9 Å². The Kier molecular flexibility index (Phi) is 4.22. The molecule has 0 unspecified atom stereocenters. The maximum absolute atomic E-state index is 14.8. The third-order valence-electron chi connectivity index (χ3n) is 4.53. The number of nitrogens with zero attached hydrogens (tertiary/aromatic N) is 6. The van der Waals surface area contributed by atoms with E-state index in [1.54, 1.807) is 17.4 Å². The molecule has 0 saturated carbocycles. The molecular weight excluding hydrogens is 435 g/mol. The summed E-state index contributed by atoms with van der Waals surface area (Å²) in [6.07, 6.45) is 4.41. The van der Waals surface area contributed by atoms with Crippen LogP contribution in [0, 0.1) is 5.82 Å². The van der Waals surface area contributed by atoms with E-state index in [1.165, 1.54) is 0 Å². The number of fused-ring (bicyclic) bond motifs is 2. The fourth-order valence-corrected chi connectivity index (χ4v) is 4.88. The van der Waals surface area contributed by atoms with Gasteiger partial charge in [-0.1, -0.05) is 6.07 Å². The van der Waals surface area contributed by atoms with E-state index in [4.69, 9.17) is 4.74 Å². The number of anilines is 1. The van der Waals surface area contributed by atoms with Crippen molar-refractivity contribution in [2.75, 3.05) is 11.6 Å². The van der Waals surface area contributed by atoms with E-state index in [9.17, 15) is 18.0 Å². The average molecular weight is 448 g/mol. The van der Waals surface area contributed by atoms with Crippen molar-refractivity contribution in [1.29, 1.82) is 0 Å². The first-order valence-electron chi connectivity index (χ1n) is 8.57. The van der Waals surface area contributed by atoms with Crippen molar-refractivity contribution in [3.05, 3.63) is 65.5 Å². The zero-order chi connectivity index (χ0) is 20.9. The van der Waals surface area contributed by atoms with E-state index >= 15 is 0 Å². The van der Waals surface area contributed by atoms with Crippen LogP contribution in [0.1, 0.15) is 5.69 Å². The van der Waals surface area contributed by atoms with Gasteiger partial charge in [-0.15, -0.1) is 8.52 Å². The Labute approximate surface area is 172 Å². The standard InChI is InChI=1S/C17H13FN6O4S2/c18-13-4-14-15(5-16(13)30(26,27)21-17-20-9-24(25)29-17)28-10-22(14)7-12-3-1-2-11-6-19-8-23(11)12/h1-6,8-9,25H,7,10H2. The fraction of sp³-hybridized carbons (Fsp3) is 0.118. The number of ether oxygens (including phenoxy) is 1. The second kappa shape index (κ2) is 6.81. The molecule has 1 aliphatic rings. The number of benzene rings is 1. The second-order valence-corrected chi connectivity index (χ2v) is 8.91. The van der Waals surface area contributed by atoms with Crippen LogP contribution in [0.2, 0.25) is 0 Å². The number of sulfonamides is 1. The number of halogens is 1. The first-order valence-corrected chi connectivity index (χ1v) is 10.8. The van der Waals surface area contributed by atoms with Crippen LogP contribution >= 0.6 is 11.5 Å². The summed E-state index contributed by atoms with van der Waals surface area (Å²) in [6, 6.07) is 7.97. The van der Waals surface area contributed by atoms with E-state index in [1.807, 2.05) is 22.6 Å². The first kappa shape index (κ1) is 18.6. The quantitative estimate of drug-likeness (QED) is 0.472. The normalized spacial score (nSPS) is 14.3. The summed E-state index contributed by atoms with van der Waals surface area (Å²) in [5, 5.41) is 9.22. The molecule has 1 aliphatic heterocycles. The van der Waals surface area contributed by atoms with Gasteiger partial charge in [-0.2, -0.15) is 8.42 Å². The molecule has 0 bridgehead atoms. The van der Waals surface area contributed by atoms with Crippen LogP contribution in [-0.2, 0) is 16.6 Å². The molecule has 5 rings (SSSR count). The molecule has 4 aromatic rings. The van der Waals surface area contributed by atoms with E-state index < -0.39 is 20.7 Å². The number of hydrogen-bond donors (Lipinski definition) is 1. The van der Waals surface area contributed by atoms with Crippen molar-refractivity contribution in [1.82, 2.24) is 18.5 Å². The molecule has 0 atom stereocenters. The summed E-state index contributed by atoms with van der Waals surface area (Å²) in [7, 11) is -4.39. The molecular formula is C17H13FN6O4S2. The van der Waals surface area contributed by atoms with Gasteiger partial charge >= 0.3 is 0 Å². The Morgan fingerprint density at radius 2 is 2.17 bits per heavy atom. The molecule has 13 heteroatoms. The van der Waals surface area contributed by atoms with Crippen molar-refractivity contribution >= 4 is 32.8 Å². The predicted molar refractivity (Wildman–Crippen MR) is 103 cm³/mol. The third-order valence-corrected chi connectivity index (χ3v) is 6.57. The number of hydrogen-bond acceptors (Lipinski definition) is 8. The summed E-state index contributed by atoms with van der Waals surface area (Å²) in [6.45, 7) is 0.545. The molecule has 4 heterocycles. The SMILES string of the molecule is O=S(=O)(N=c1ncn(O)s1)c1cc2c(cc1F)N(Cc1cccc3cncn13)CO2. The third kappa shape index (κ3) is 3.17. The lowest BCUT2D eigenvalue weighted by molar-refractivity contribution is 0.216. The summed E-state index contributed by atoms with van der Waals surface area (Å²) in [5.74, 6) is -0.721. The predicted octanol–water partition coefficient (Wildman–Crippen LogP) is 1.61. The number of imidazole rings is 1. The van der Waals surface area contributed by atoms with Gasteiger partial charge in [0.1, 0.15) is 22.8 Å². The van der Waals surface area contributed by atoms with Crippen LogP contribution in [0.25, 0.3) is 5.52 Å². The van der Waals surface area contributed by atoms with Crippen LogP contribution in [0.15, 0.2) is 58.5 Å². The van der Waals surface area contributed by atoms with Crippen molar-refractivity contribution in [2.45, 2.75) is 11.4 Å². The fourth-order valence-electron chi connectivity index (χ4n) is 3.19. The molecule has 3 aromatic heterocycles. The summed E-state index contributed by atoms with van der Waals surface area (Å²) in [5.41, 5.74) is 2.27. The Balaban J connectivity index is 1.50. The topological polar surface area (TPSA) is 114 Å². The van der Waals surface area contributed by atoms with Gasteiger partial charge in [-0.25, -0.2) is 14.4 Å². The Hall–Kier alpha value is -3.45. The summed E-state index contributed by atoms with van der Waals surface area (Å²) >= 11 is 0.590. The van der Waals surface area contributed by atoms with E-state index in [-0.39, 0.29) is 17.3 Å². The van der Waals surface area contributed by atoms with Crippen LogP contribution < -0.4 is 14.4 Å². The number of pyridine rings is 1. The largest absolute Gasteiger partial charge is 0.471 e. The van der Waals surface area contributed by atoms with Crippen LogP contribution in [0.5, 0.6) is 5.75 Å². The minimum atomic E-state index is -4.39. The maximum atomic E-state index is 14.8. The van der Waals surface area contributed by atoms with Gasteiger partial charge in [0, 0.05) is 29.4 Å². The molecule has 0 fully saturated rings. The van der Waals surface area contributed by atoms with Crippen LogP contribution in [0.3, 0.4) is 0 Å². The lowest BCUT2D eigenvalue weighted by atomic mass is 10.2. The highest BCUT2D eigenvalue weighted by Crippen LogP contribution is 2.38. The summed E-state index contributed by atoms with van der Waals surface area (Å²) < 4.78 is 51.3. The van der Waals surface area contributed by atoms with Crippen LogP contribution in [0.4, 0.5) is 10.1 Å². The van der Waals surface area contributed by atoms with Gasteiger partial charge < -0.3 is 19.2 Å². The second-order valence-electron chi connectivity index (χ2n) is 6.41. The van der Waals surface area contributed by atoms with Gasteiger partial charge in [0.2, 0.25) is 4.80 Å². The van der Waals surface area contributed by atoms with E-state index in [0.717, 1.165) is 29.7 Å². The van der Waals surface area contributed by atoms with Crippen molar-refractivity contribution < 1.29 is 22.8 Å². The molecule has 10 nitrogen and oxygen atoms in total. The Bertz CT molecular complexity index is 1440. The molecule has 0 spiro atoms. The molecule has 30 heavy (non-hydrogen) atoms. The van der Waals surface area contributed by atoms with Crippen molar-refractivity contribution in [3.63, 3.8) is 0 Å². The average Bonchev–Trinajstić information content (AvgIpc) is 3.42. The molecule has 1 N–H and O–H groups in total. The maximum Gasteiger partial charge on any atom is 0.288 e. The lowest BCUT2D eigenvalue weighted by Crippen LogP contribution is -2.22. The van der Waals surface area contributed by atoms with Crippen molar-refractivity contribution in [3.8, 4) is 5.75 Å². The molecule has 0 amide bonds. The highest BCUT2D eigenvalue weighted by molar-refractivity contribution is 7.90. The Morgan fingerprint density at radius 1 is 1.30 bits per heavy atom. The van der Waals surface area contributed by atoms with Gasteiger partial charge in [-0.05, 0) is 12.1 Å². The Morgan fingerprint density at radius 3 is 2.97 bits per heavy atom. The van der Waals surface area contributed by atoms with Crippen molar-refractivity contribution in [2.24, 2.45) is 4.40 Å². The smallest absolute Gasteiger partial charge is 0.288 e. The minimum Gasteiger partial charge on any atom is -0.471 e. The summed E-state index contributed by atoms with van der Waals surface area (Å²) in [4.78, 5) is 8.68. The lowest BCUT2D eigenvalue weighted by Gasteiger charge is -2.17. The molecule has 154 valence electrons. The minimum absolute atomic E-state index is 0.136. The van der Waals surface area contributed by atoms with Gasteiger partial charge in [-0.3, -0.25) is 0 Å². The highest BCUT2D eigenvalue weighted by atomic mass is 32.2. The zero-order valence-electron chi connectivity index (χ0n) is 15.1. The van der Waals surface area contributed by atoms with Gasteiger partial charge in [0.05, 0.1) is 30.3 Å². The molecule has 1 aromatic carbocycles. The first-order chi connectivity index (χ1) is 14.4. The van der Waals surface area contributed by atoms with Crippen LogP contribution in [-0.4, -0.2) is 38.8 Å². The number of rotatable bonds is 4. The highest BCUT2D eigenvalue weighted by Gasteiger charge is 2.28. The molecule has 0 aliphatic carbocycles. The van der Waals surface area contributed by atoms with Gasteiger partial charge in [0.15, 0.2) is 6.73 Å². The molecule has 0 radical (unpaired) electrons. The number of aromatic nitrogens is 4.